The molecule has 0 amide bonds. The van der Waals surface area contributed by atoms with Gasteiger partial charge in [0.25, 0.3) is 0 Å². The van der Waals surface area contributed by atoms with Gasteiger partial charge in [0, 0.05) is 0 Å². The van der Waals surface area contributed by atoms with Gasteiger partial charge in [0.05, 0.1) is 0 Å². The molecule has 0 heterocycles. The molecule has 0 spiro atoms. The lowest BCUT2D eigenvalue weighted by Gasteiger charge is -2.10. The molecule has 0 heteroatoms. The van der Waals surface area contributed by atoms with Crippen molar-refractivity contribution in [3.63, 3.8) is 0 Å². The summed E-state index contributed by atoms with van der Waals surface area (Å²) in [7, 11) is 0. The summed E-state index contributed by atoms with van der Waals surface area (Å²) in [4.78, 5) is 0. The van der Waals surface area contributed by atoms with Crippen LogP contribution in [0.5, 0.6) is 0 Å². The number of fused-ring (bicyclic) bond motifs is 1. The molecule has 9 rings (SSSR count). The number of rotatable bonds is 11. The van der Waals surface area contributed by atoms with Crippen molar-refractivity contribution in [1.29, 1.82) is 0 Å². The van der Waals surface area contributed by atoms with Crippen LogP contribution >= 0.6 is 0 Å². The van der Waals surface area contributed by atoms with Gasteiger partial charge >= 0.3 is 0 Å². The van der Waals surface area contributed by atoms with Crippen LogP contribution < -0.4 is 0 Å². The number of benzene rings is 9. The average molecular weight is 765 g/mol. The molecule has 0 saturated heterocycles. The normalized spacial score (nSPS) is 11.2. The van der Waals surface area contributed by atoms with Crippen molar-refractivity contribution in [3.8, 4) is 11.1 Å². The Morgan fingerprint density at radius 2 is 0.617 bits per heavy atom. The van der Waals surface area contributed by atoms with Crippen LogP contribution in [0.1, 0.15) is 55.6 Å². The van der Waals surface area contributed by atoms with Crippen molar-refractivity contribution < 1.29 is 0 Å². The van der Waals surface area contributed by atoms with E-state index >= 15 is 0 Å². The van der Waals surface area contributed by atoms with Gasteiger partial charge < -0.3 is 0 Å². The Morgan fingerprint density at radius 1 is 0.250 bits per heavy atom. The molecule has 0 aliphatic heterocycles. The Kier molecular flexibility index (Phi) is 11.5. The topological polar surface area (TPSA) is 0 Å². The molecule has 0 fully saturated rings. The Bertz CT molecular complexity index is 2870. The summed E-state index contributed by atoms with van der Waals surface area (Å²) in [6, 6.07) is 82.2. The van der Waals surface area contributed by atoms with Crippen molar-refractivity contribution >= 4 is 58.4 Å². The van der Waals surface area contributed by atoms with Crippen LogP contribution in [0.2, 0.25) is 0 Å². The van der Waals surface area contributed by atoms with Crippen molar-refractivity contribution in [3.05, 3.63) is 286 Å². The maximum atomic E-state index is 2.31. The Labute approximate surface area is 354 Å². The van der Waals surface area contributed by atoms with Crippen molar-refractivity contribution in [2.75, 3.05) is 0 Å². The number of hydrogen-bond donors (Lipinski definition) is 0. The smallest absolute Gasteiger partial charge is 0.0105 e. The molecule has 0 unspecified atom stereocenters. The minimum Gasteiger partial charge on any atom is -0.0622 e. The third-order valence-corrected chi connectivity index (χ3v) is 10.9. The largest absolute Gasteiger partial charge is 0.0622 e. The lowest BCUT2D eigenvalue weighted by molar-refractivity contribution is 1.55. The molecule has 284 valence electrons. The van der Waals surface area contributed by atoms with E-state index < -0.39 is 0 Å². The average Bonchev–Trinajstić information content (AvgIpc) is 3.33. The highest BCUT2D eigenvalue weighted by Gasteiger charge is 2.08. The zero-order chi connectivity index (χ0) is 40.4. The van der Waals surface area contributed by atoms with E-state index in [1.165, 1.54) is 55.3 Å². The molecule has 0 atom stereocenters. The van der Waals surface area contributed by atoms with Gasteiger partial charge in [0.1, 0.15) is 0 Å². The van der Waals surface area contributed by atoms with Crippen molar-refractivity contribution in [1.82, 2.24) is 0 Å². The van der Waals surface area contributed by atoms with E-state index in [2.05, 4.69) is 267 Å². The number of hydrogen-bond acceptors (Lipinski definition) is 0. The lowest BCUT2D eigenvalue weighted by Crippen LogP contribution is -1.88. The van der Waals surface area contributed by atoms with Gasteiger partial charge in [0.15, 0.2) is 0 Å². The monoisotopic (exact) mass is 764 g/mol. The van der Waals surface area contributed by atoms with E-state index in [9.17, 15) is 0 Å². The van der Waals surface area contributed by atoms with E-state index in [0.29, 0.717) is 0 Å². The van der Waals surface area contributed by atoms with Crippen molar-refractivity contribution in [2.24, 2.45) is 0 Å². The van der Waals surface area contributed by atoms with Gasteiger partial charge in [-0.3, -0.25) is 0 Å². The third-order valence-electron chi connectivity index (χ3n) is 10.9. The highest BCUT2D eigenvalue weighted by molar-refractivity contribution is 5.93. The SMILES string of the molecule is C(=Cc1ccc(-c2ccc3ccccc3c2)cc1C=Cc1ccc(C=C(c2ccccc2)c2ccccc2)cc1)c1ccc(C=C(c2ccccc2)c2ccccc2)cc1. The second kappa shape index (κ2) is 18.2. The van der Waals surface area contributed by atoms with E-state index in [-0.39, 0.29) is 0 Å². The molecule has 0 radical (unpaired) electrons. The lowest BCUT2D eigenvalue weighted by atomic mass is 9.95. The van der Waals surface area contributed by atoms with Gasteiger partial charge in [-0.15, -0.1) is 0 Å². The van der Waals surface area contributed by atoms with Crippen LogP contribution in [0, 0.1) is 0 Å². The maximum absolute atomic E-state index is 2.31. The van der Waals surface area contributed by atoms with E-state index in [4.69, 9.17) is 0 Å². The molecule has 0 nitrogen and oxygen atoms in total. The van der Waals surface area contributed by atoms with Gasteiger partial charge in [-0.1, -0.05) is 243 Å². The van der Waals surface area contributed by atoms with Crippen LogP contribution in [0.25, 0.3) is 69.5 Å². The van der Waals surface area contributed by atoms with E-state index in [0.717, 1.165) is 33.4 Å². The summed E-state index contributed by atoms with van der Waals surface area (Å²) < 4.78 is 0. The van der Waals surface area contributed by atoms with Crippen LogP contribution in [-0.4, -0.2) is 0 Å². The molecule has 9 aromatic rings. The fourth-order valence-electron chi connectivity index (χ4n) is 7.67. The summed E-state index contributed by atoms with van der Waals surface area (Å²) in [5, 5.41) is 2.49. The molecule has 0 aliphatic rings. The first kappa shape index (κ1) is 37.8. The van der Waals surface area contributed by atoms with Crippen LogP contribution in [0.3, 0.4) is 0 Å². The highest BCUT2D eigenvalue weighted by atomic mass is 14.1. The first-order chi connectivity index (χ1) is 29.7. The molecule has 0 bridgehead atoms. The van der Waals surface area contributed by atoms with E-state index in [1.807, 2.05) is 0 Å². The van der Waals surface area contributed by atoms with Gasteiger partial charge in [0.2, 0.25) is 0 Å². The fraction of sp³-hybridized carbons (Fsp3) is 0. The zero-order valence-corrected chi connectivity index (χ0v) is 33.4. The quantitative estimate of drug-likeness (QED) is 0.115. The summed E-state index contributed by atoms with van der Waals surface area (Å²) >= 11 is 0. The zero-order valence-electron chi connectivity index (χ0n) is 33.4. The molecule has 0 aromatic heterocycles. The summed E-state index contributed by atoms with van der Waals surface area (Å²) in [6.07, 6.45) is 13.5. The predicted molar refractivity (Wildman–Crippen MR) is 260 cm³/mol. The summed E-state index contributed by atoms with van der Waals surface area (Å²) in [6.45, 7) is 0. The molecule has 0 N–H and O–H groups in total. The Morgan fingerprint density at radius 3 is 1.08 bits per heavy atom. The predicted octanol–water partition coefficient (Wildman–Crippen LogP) is 16.0. The minimum atomic E-state index is 1.15. The fourth-order valence-corrected chi connectivity index (χ4v) is 7.67. The van der Waals surface area contributed by atoms with Crippen LogP contribution in [0.15, 0.2) is 231 Å². The molecule has 0 aliphatic carbocycles. The standard InChI is InChI=1S/C60H44/c1-5-16-51(17-6-1)59(52-18-7-2-8-19-52)41-47-29-25-45(26-30-47)33-35-50-38-40-58(57-39-37-49-15-13-14-24-55(49)43-57)44-56(50)36-34-46-27-31-48(32-28-46)42-60(53-20-9-3-10-21-53)54-22-11-4-12-23-54/h1-44H. The Hall–Kier alpha value is -7.80. The highest BCUT2D eigenvalue weighted by Crippen LogP contribution is 2.30. The summed E-state index contributed by atoms with van der Waals surface area (Å²) in [5.74, 6) is 0. The Balaban J connectivity index is 1.01. The van der Waals surface area contributed by atoms with E-state index in [1.54, 1.807) is 0 Å². The van der Waals surface area contributed by atoms with Crippen LogP contribution in [-0.2, 0) is 0 Å². The third kappa shape index (κ3) is 9.16. The van der Waals surface area contributed by atoms with Crippen molar-refractivity contribution in [2.45, 2.75) is 0 Å². The maximum Gasteiger partial charge on any atom is -0.0105 e. The summed E-state index contributed by atoms with van der Waals surface area (Å²) in [5.41, 5.74) is 16.6. The second-order valence-electron chi connectivity index (χ2n) is 15.0. The van der Waals surface area contributed by atoms with Crippen LogP contribution in [0.4, 0.5) is 0 Å². The molecule has 9 aromatic carbocycles. The first-order valence-corrected chi connectivity index (χ1v) is 20.6. The minimum absolute atomic E-state index is 1.15. The van der Waals surface area contributed by atoms with Gasteiger partial charge in [-0.25, -0.2) is 0 Å². The second-order valence-corrected chi connectivity index (χ2v) is 15.0. The molecule has 0 saturated carbocycles. The van der Waals surface area contributed by atoms with Gasteiger partial charge in [-0.05, 0) is 113 Å². The molecular weight excluding hydrogens is 721 g/mol. The molecular formula is C60H44. The molecule has 60 heavy (non-hydrogen) atoms. The first-order valence-electron chi connectivity index (χ1n) is 20.6. The van der Waals surface area contributed by atoms with Gasteiger partial charge in [-0.2, -0.15) is 0 Å².